The van der Waals surface area contributed by atoms with Crippen molar-refractivity contribution < 1.29 is 9.18 Å². The van der Waals surface area contributed by atoms with E-state index in [9.17, 15) is 9.18 Å². The van der Waals surface area contributed by atoms with Crippen LogP contribution in [0, 0.1) is 11.7 Å². The molecule has 1 amide bonds. The van der Waals surface area contributed by atoms with E-state index in [-0.39, 0.29) is 11.5 Å². The molecule has 3 nitrogen and oxygen atoms in total. The smallest absolute Gasteiger partial charge is 0.256 e. The average molecular weight is 299 g/mol. The van der Waals surface area contributed by atoms with Crippen LogP contribution >= 0.6 is 11.6 Å². The van der Waals surface area contributed by atoms with Gasteiger partial charge in [0, 0.05) is 18.1 Å². The Labute approximate surface area is 124 Å². The molecular weight excluding hydrogens is 279 g/mol. The zero-order valence-corrected chi connectivity index (χ0v) is 12.4. The fraction of sp³-hybridized carbons (Fsp3) is 0.533. The van der Waals surface area contributed by atoms with Crippen LogP contribution in [0.1, 0.15) is 30.1 Å². The van der Waals surface area contributed by atoms with Crippen LogP contribution in [-0.2, 0) is 0 Å². The van der Waals surface area contributed by atoms with Gasteiger partial charge < -0.3 is 10.2 Å². The third-order valence-electron chi connectivity index (χ3n) is 3.74. The third kappa shape index (κ3) is 3.70. The summed E-state index contributed by atoms with van der Waals surface area (Å²) in [4.78, 5) is 14.0. The number of halogens is 2. The number of hydrogen-bond acceptors (Lipinski definition) is 2. The molecule has 1 fully saturated rings. The van der Waals surface area contributed by atoms with Crippen LogP contribution in [0.25, 0.3) is 0 Å². The Morgan fingerprint density at radius 3 is 2.80 bits per heavy atom. The van der Waals surface area contributed by atoms with Crippen LogP contribution in [0.4, 0.5) is 4.39 Å². The van der Waals surface area contributed by atoms with Gasteiger partial charge in [-0.3, -0.25) is 4.79 Å². The molecule has 1 saturated heterocycles. The lowest BCUT2D eigenvalue weighted by Gasteiger charge is -2.32. The van der Waals surface area contributed by atoms with E-state index in [2.05, 4.69) is 12.2 Å². The molecule has 0 radical (unpaired) electrons. The number of piperidine rings is 1. The Kier molecular flexibility index (Phi) is 5.38. The van der Waals surface area contributed by atoms with Gasteiger partial charge in [-0.15, -0.1) is 0 Å². The highest BCUT2D eigenvalue weighted by molar-refractivity contribution is 6.31. The maximum Gasteiger partial charge on any atom is 0.256 e. The third-order valence-corrected chi connectivity index (χ3v) is 3.98. The first-order valence-electron chi connectivity index (χ1n) is 7.07. The van der Waals surface area contributed by atoms with Gasteiger partial charge in [-0.05, 0) is 50.0 Å². The van der Waals surface area contributed by atoms with Gasteiger partial charge in [0.25, 0.3) is 5.91 Å². The van der Waals surface area contributed by atoms with Crippen molar-refractivity contribution in [1.29, 1.82) is 0 Å². The Morgan fingerprint density at radius 1 is 1.45 bits per heavy atom. The molecule has 5 heteroatoms. The fourth-order valence-electron chi connectivity index (χ4n) is 2.52. The zero-order valence-electron chi connectivity index (χ0n) is 11.7. The highest BCUT2D eigenvalue weighted by Gasteiger charge is 2.25. The number of carbonyl (C=O) groups is 1. The van der Waals surface area contributed by atoms with Gasteiger partial charge in [0.2, 0.25) is 0 Å². The Balaban J connectivity index is 1.96. The van der Waals surface area contributed by atoms with E-state index in [1.807, 2.05) is 0 Å². The number of carbonyl (C=O) groups excluding carboxylic acids is 1. The number of likely N-dealkylation sites (tertiary alicyclic amines) is 1. The summed E-state index contributed by atoms with van der Waals surface area (Å²) < 4.78 is 13.7. The molecule has 2 rings (SSSR count). The lowest BCUT2D eigenvalue weighted by molar-refractivity contribution is 0.0685. The fourth-order valence-corrected chi connectivity index (χ4v) is 2.69. The number of hydrogen-bond donors (Lipinski definition) is 1. The normalized spacial score (nSPS) is 16.4. The van der Waals surface area contributed by atoms with Gasteiger partial charge in [0.15, 0.2) is 0 Å². The van der Waals surface area contributed by atoms with Gasteiger partial charge in [-0.25, -0.2) is 4.39 Å². The second-order valence-corrected chi connectivity index (χ2v) is 5.60. The molecule has 0 unspecified atom stereocenters. The summed E-state index contributed by atoms with van der Waals surface area (Å²) >= 11 is 5.83. The maximum atomic E-state index is 13.7. The van der Waals surface area contributed by atoms with E-state index in [1.165, 1.54) is 18.2 Å². The van der Waals surface area contributed by atoms with E-state index in [1.54, 1.807) is 4.90 Å². The minimum absolute atomic E-state index is 0.0719. The average Bonchev–Trinajstić information content (AvgIpc) is 2.47. The first-order chi connectivity index (χ1) is 9.61. The van der Waals surface area contributed by atoms with Crippen molar-refractivity contribution in [1.82, 2.24) is 10.2 Å². The summed E-state index contributed by atoms with van der Waals surface area (Å²) in [6.45, 7) is 5.40. The number of nitrogens with zero attached hydrogens (tertiary/aromatic N) is 1. The molecule has 0 spiro atoms. The molecule has 110 valence electrons. The molecule has 1 N–H and O–H groups in total. The van der Waals surface area contributed by atoms with Crippen molar-refractivity contribution in [3.8, 4) is 0 Å². The molecule has 1 aliphatic rings. The predicted molar refractivity (Wildman–Crippen MR) is 78.6 cm³/mol. The summed E-state index contributed by atoms with van der Waals surface area (Å²) in [5.41, 5.74) is 0.0719. The van der Waals surface area contributed by atoms with Crippen LogP contribution < -0.4 is 5.32 Å². The summed E-state index contributed by atoms with van der Waals surface area (Å²) in [5, 5.41) is 3.72. The van der Waals surface area contributed by atoms with Gasteiger partial charge in [0.05, 0.1) is 5.56 Å². The van der Waals surface area contributed by atoms with E-state index in [0.29, 0.717) is 24.0 Å². The van der Waals surface area contributed by atoms with E-state index in [0.717, 1.165) is 25.9 Å². The molecule has 1 aromatic rings. The topological polar surface area (TPSA) is 32.3 Å². The number of nitrogens with one attached hydrogen (secondary N) is 1. The van der Waals surface area contributed by atoms with Gasteiger partial charge in [-0.2, -0.15) is 0 Å². The summed E-state index contributed by atoms with van der Waals surface area (Å²) in [6, 6.07) is 4.10. The lowest BCUT2D eigenvalue weighted by Crippen LogP contribution is -2.41. The van der Waals surface area contributed by atoms with Gasteiger partial charge in [0.1, 0.15) is 5.82 Å². The van der Waals surface area contributed by atoms with Crippen molar-refractivity contribution in [3.05, 3.63) is 34.6 Å². The monoisotopic (exact) mass is 298 g/mol. The lowest BCUT2D eigenvalue weighted by atomic mass is 9.96. The molecule has 0 aliphatic carbocycles. The Bertz CT molecular complexity index is 473. The van der Waals surface area contributed by atoms with Crippen LogP contribution in [0.3, 0.4) is 0 Å². The zero-order chi connectivity index (χ0) is 14.5. The van der Waals surface area contributed by atoms with Crippen LogP contribution in [-0.4, -0.2) is 37.0 Å². The van der Waals surface area contributed by atoms with Gasteiger partial charge in [-0.1, -0.05) is 18.5 Å². The highest BCUT2D eigenvalue weighted by Crippen LogP contribution is 2.21. The van der Waals surface area contributed by atoms with Crippen LogP contribution in [0.5, 0.6) is 0 Å². The van der Waals surface area contributed by atoms with Gasteiger partial charge >= 0.3 is 0 Å². The molecule has 0 bridgehead atoms. The molecule has 1 heterocycles. The van der Waals surface area contributed by atoms with Crippen LogP contribution in [0.15, 0.2) is 18.2 Å². The number of rotatable bonds is 4. The van der Waals surface area contributed by atoms with Crippen molar-refractivity contribution in [2.75, 3.05) is 26.2 Å². The molecule has 0 saturated carbocycles. The maximum absolute atomic E-state index is 13.7. The number of amides is 1. The van der Waals surface area contributed by atoms with Crippen molar-refractivity contribution in [3.63, 3.8) is 0 Å². The molecule has 0 atom stereocenters. The summed E-state index contributed by atoms with van der Waals surface area (Å²) in [7, 11) is 0. The minimum atomic E-state index is -0.505. The summed E-state index contributed by atoms with van der Waals surface area (Å²) in [5.74, 6) is -0.163. The van der Waals surface area contributed by atoms with Crippen molar-refractivity contribution in [2.45, 2.75) is 19.8 Å². The molecular formula is C15H20ClFN2O. The van der Waals surface area contributed by atoms with E-state index in [4.69, 9.17) is 11.6 Å². The predicted octanol–water partition coefficient (Wildman–Crippen LogP) is 2.94. The Hall–Kier alpha value is -1.13. The second-order valence-electron chi connectivity index (χ2n) is 5.17. The van der Waals surface area contributed by atoms with E-state index >= 15 is 0 Å². The highest BCUT2D eigenvalue weighted by atomic mass is 35.5. The first-order valence-corrected chi connectivity index (χ1v) is 7.44. The molecule has 0 aromatic heterocycles. The minimum Gasteiger partial charge on any atom is -0.339 e. The standard InChI is InChI=1S/C15H20ClFN2O/c1-2-18-10-11-5-7-19(8-6-11)15(20)13-9-12(16)3-4-14(13)17/h3-4,9,11,18H,2,5-8,10H2,1H3. The SMILES string of the molecule is CCNCC1CCN(C(=O)c2cc(Cl)ccc2F)CC1. The molecule has 20 heavy (non-hydrogen) atoms. The largest absolute Gasteiger partial charge is 0.339 e. The number of benzene rings is 1. The quantitative estimate of drug-likeness (QED) is 0.927. The van der Waals surface area contributed by atoms with E-state index < -0.39 is 5.82 Å². The summed E-state index contributed by atoms with van der Waals surface area (Å²) in [6.07, 6.45) is 1.92. The van der Waals surface area contributed by atoms with Crippen LogP contribution in [0.2, 0.25) is 5.02 Å². The Morgan fingerprint density at radius 2 is 2.15 bits per heavy atom. The van der Waals surface area contributed by atoms with Crippen molar-refractivity contribution >= 4 is 17.5 Å². The molecule has 1 aliphatic heterocycles. The second kappa shape index (κ2) is 7.04. The molecule has 1 aromatic carbocycles. The van der Waals surface area contributed by atoms with Crippen molar-refractivity contribution in [2.24, 2.45) is 5.92 Å². The first kappa shape index (κ1) is 15.3.